The first kappa shape index (κ1) is 17.7. The number of amides is 1. The van der Waals surface area contributed by atoms with E-state index in [4.69, 9.17) is 14.2 Å². The third-order valence-electron chi connectivity index (χ3n) is 3.60. The number of ether oxygens (including phenoxy) is 3. The van der Waals surface area contributed by atoms with E-state index in [1.807, 2.05) is 25.1 Å². The summed E-state index contributed by atoms with van der Waals surface area (Å²) in [5, 5.41) is 2.76. The standard InChI is InChI=1S/C19H23NO4/c1-14-4-5-18(12-15(14)2)23-11-10-20-19(21)13-24-17-8-6-16(22-3)7-9-17/h4-9,12H,10-11,13H2,1-3H3,(H,20,21). The van der Waals surface area contributed by atoms with E-state index in [1.165, 1.54) is 11.1 Å². The van der Waals surface area contributed by atoms with Crippen molar-refractivity contribution in [3.05, 3.63) is 53.6 Å². The normalized spacial score (nSPS) is 10.1. The van der Waals surface area contributed by atoms with Gasteiger partial charge in [-0.3, -0.25) is 4.79 Å². The molecule has 0 aliphatic carbocycles. The number of carbonyl (C=O) groups is 1. The maximum atomic E-state index is 11.7. The number of rotatable bonds is 8. The first-order valence-electron chi connectivity index (χ1n) is 7.82. The SMILES string of the molecule is COc1ccc(OCC(=O)NCCOc2ccc(C)c(C)c2)cc1. The van der Waals surface area contributed by atoms with Gasteiger partial charge in [-0.2, -0.15) is 0 Å². The maximum absolute atomic E-state index is 11.7. The van der Waals surface area contributed by atoms with E-state index in [9.17, 15) is 4.79 Å². The fraction of sp³-hybridized carbons (Fsp3) is 0.316. The zero-order valence-electron chi connectivity index (χ0n) is 14.3. The molecular formula is C19H23NO4. The highest BCUT2D eigenvalue weighted by molar-refractivity contribution is 5.77. The third-order valence-corrected chi connectivity index (χ3v) is 3.60. The molecule has 0 aliphatic rings. The van der Waals surface area contributed by atoms with Crippen molar-refractivity contribution in [1.82, 2.24) is 5.32 Å². The molecule has 2 rings (SSSR count). The molecule has 0 spiro atoms. The van der Waals surface area contributed by atoms with E-state index >= 15 is 0 Å². The van der Waals surface area contributed by atoms with Crippen LogP contribution in [-0.2, 0) is 4.79 Å². The lowest BCUT2D eigenvalue weighted by atomic mass is 10.1. The topological polar surface area (TPSA) is 56.8 Å². The summed E-state index contributed by atoms with van der Waals surface area (Å²) in [6.07, 6.45) is 0. The summed E-state index contributed by atoms with van der Waals surface area (Å²) in [4.78, 5) is 11.7. The molecular weight excluding hydrogens is 306 g/mol. The molecule has 2 aromatic carbocycles. The van der Waals surface area contributed by atoms with Gasteiger partial charge in [0.1, 0.15) is 23.9 Å². The Morgan fingerprint density at radius 3 is 2.25 bits per heavy atom. The lowest BCUT2D eigenvalue weighted by molar-refractivity contribution is -0.123. The van der Waals surface area contributed by atoms with Gasteiger partial charge in [0.25, 0.3) is 5.91 Å². The zero-order chi connectivity index (χ0) is 17.4. The average molecular weight is 329 g/mol. The van der Waals surface area contributed by atoms with Crippen LogP contribution in [0.2, 0.25) is 0 Å². The second-order valence-electron chi connectivity index (χ2n) is 5.41. The number of hydrogen-bond acceptors (Lipinski definition) is 4. The Kier molecular flexibility index (Phi) is 6.49. The highest BCUT2D eigenvalue weighted by Crippen LogP contribution is 2.17. The number of methoxy groups -OCH3 is 1. The summed E-state index contributed by atoms with van der Waals surface area (Å²) in [6, 6.07) is 13.0. The second kappa shape index (κ2) is 8.82. The Bertz CT molecular complexity index is 668. The summed E-state index contributed by atoms with van der Waals surface area (Å²) < 4.78 is 16.1. The molecule has 2 aromatic rings. The molecule has 0 heterocycles. The summed E-state index contributed by atoms with van der Waals surface area (Å²) in [5.41, 5.74) is 2.41. The number of nitrogens with one attached hydrogen (secondary N) is 1. The lowest BCUT2D eigenvalue weighted by Crippen LogP contribution is -2.32. The van der Waals surface area contributed by atoms with Gasteiger partial charge in [-0.15, -0.1) is 0 Å². The first-order chi connectivity index (χ1) is 11.6. The van der Waals surface area contributed by atoms with E-state index in [-0.39, 0.29) is 12.5 Å². The van der Waals surface area contributed by atoms with Crippen molar-refractivity contribution in [1.29, 1.82) is 0 Å². The fourth-order valence-corrected chi connectivity index (χ4v) is 2.03. The van der Waals surface area contributed by atoms with Crippen LogP contribution < -0.4 is 19.5 Å². The lowest BCUT2D eigenvalue weighted by Gasteiger charge is -2.10. The van der Waals surface area contributed by atoms with Crippen molar-refractivity contribution in [2.45, 2.75) is 13.8 Å². The van der Waals surface area contributed by atoms with Crippen molar-refractivity contribution in [2.24, 2.45) is 0 Å². The molecule has 0 saturated carbocycles. The minimum Gasteiger partial charge on any atom is -0.497 e. The van der Waals surface area contributed by atoms with Crippen LogP contribution in [0.4, 0.5) is 0 Å². The number of carbonyl (C=O) groups excluding carboxylic acids is 1. The van der Waals surface area contributed by atoms with E-state index in [0.29, 0.717) is 18.9 Å². The first-order valence-corrected chi connectivity index (χ1v) is 7.82. The molecule has 24 heavy (non-hydrogen) atoms. The fourth-order valence-electron chi connectivity index (χ4n) is 2.03. The molecule has 0 radical (unpaired) electrons. The van der Waals surface area contributed by atoms with Gasteiger partial charge in [-0.25, -0.2) is 0 Å². The van der Waals surface area contributed by atoms with Crippen molar-refractivity contribution in [3.63, 3.8) is 0 Å². The van der Waals surface area contributed by atoms with E-state index in [1.54, 1.807) is 31.4 Å². The van der Waals surface area contributed by atoms with Crippen LogP contribution in [0.3, 0.4) is 0 Å². The number of benzene rings is 2. The summed E-state index contributed by atoms with van der Waals surface area (Å²) in [6.45, 7) is 4.91. The van der Waals surface area contributed by atoms with Gasteiger partial charge in [0.15, 0.2) is 6.61 Å². The molecule has 0 fully saturated rings. The predicted molar refractivity (Wildman–Crippen MR) is 92.9 cm³/mol. The Hall–Kier alpha value is -2.69. The summed E-state index contributed by atoms with van der Waals surface area (Å²) in [7, 11) is 1.60. The minimum atomic E-state index is -0.186. The van der Waals surface area contributed by atoms with Crippen molar-refractivity contribution < 1.29 is 19.0 Å². The highest BCUT2D eigenvalue weighted by atomic mass is 16.5. The number of hydrogen-bond donors (Lipinski definition) is 1. The van der Waals surface area contributed by atoms with Gasteiger partial charge >= 0.3 is 0 Å². The van der Waals surface area contributed by atoms with Crippen LogP contribution in [0.15, 0.2) is 42.5 Å². The zero-order valence-corrected chi connectivity index (χ0v) is 14.3. The van der Waals surface area contributed by atoms with E-state index in [0.717, 1.165) is 11.5 Å². The molecule has 0 unspecified atom stereocenters. The van der Waals surface area contributed by atoms with E-state index < -0.39 is 0 Å². The van der Waals surface area contributed by atoms with Crippen molar-refractivity contribution in [3.8, 4) is 17.2 Å². The number of aryl methyl sites for hydroxylation is 2. The molecule has 1 amide bonds. The monoisotopic (exact) mass is 329 g/mol. The molecule has 0 bridgehead atoms. The molecule has 1 N–H and O–H groups in total. The summed E-state index contributed by atoms with van der Waals surface area (Å²) in [5.74, 6) is 1.99. The van der Waals surface area contributed by atoms with Crippen LogP contribution >= 0.6 is 0 Å². The van der Waals surface area contributed by atoms with Crippen LogP contribution in [0.1, 0.15) is 11.1 Å². The molecule has 5 nitrogen and oxygen atoms in total. The van der Waals surface area contributed by atoms with Gasteiger partial charge in [-0.1, -0.05) is 6.07 Å². The largest absolute Gasteiger partial charge is 0.497 e. The molecule has 5 heteroatoms. The second-order valence-corrected chi connectivity index (χ2v) is 5.41. The van der Waals surface area contributed by atoms with Gasteiger partial charge in [-0.05, 0) is 61.4 Å². The average Bonchev–Trinajstić information content (AvgIpc) is 2.60. The quantitative estimate of drug-likeness (QED) is 0.757. The van der Waals surface area contributed by atoms with Gasteiger partial charge in [0, 0.05) is 0 Å². The van der Waals surface area contributed by atoms with Crippen LogP contribution in [-0.4, -0.2) is 32.8 Å². The minimum absolute atomic E-state index is 0.0318. The van der Waals surface area contributed by atoms with Crippen molar-refractivity contribution >= 4 is 5.91 Å². The molecule has 0 saturated heterocycles. The van der Waals surface area contributed by atoms with Crippen LogP contribution in [0.25, 0.3) is 0 Å². The third kappa shape index (κ3) is 5.50. The molecule has 0 aliphatic heterocycles. The Morgan fingerprint density at radius 2 is 1.58 bits per heavy atom. The van der Waals surface area contributed by atoms with Gasteiger partial charge in [0.05, 0.1) is 13.7 Å². The Labute approximate surface area is 142 Å². The summed E-state index contributed by atoms with van der Waals surface area (Å²) >= 11 is 0. The smallest absolute Gasteiger partial charge is 0.258 e. The molecule has 128 valence electrons. The highest BCUT2D eigenvalue weighted by Gasteiger charge is 2.03. The predicted octanol–water partition coefficient (Wildman–Crippen LogP) is 2.89. The van der Waals surface area contributed by atoms with Gasteiger partial charge < -0.3 is 19.5 Å². The van der Waals surface area contributed by atoms with Crippen LogP contribution in [0.5, 0.6) is 17.2 Å². The molecule has 0 atom stereocenters. The van der Waals surface area contributed by atoms with E-state index in [2.05, 4.69) is 12.2 Å². The Morgan fingerprint density at radius 1 is 0.917 bits per heavy atom. The Balaban J connectivity index is 1.64. The maximum Gasteiger partial charge on any atom is 0.258 e. The van der Waals surface area contributed by atoms with Gasteiger partial charge in [0.2, 0.25) is 0 Å². The van der Waals surface area contributed by atoms with Crippen molar-refractivity contribution in [2.75, 3.05) is 26.9 Å². The molecule has 0 aromatic heterocycles. The van der Waals surface area contributed by atoms with Crippen LogP contribution in [0, 0.1) is 13.8 Å².